The first kappa shape index (κ1) is 15.5. The molecule has 0 bridgehead atoms. The number of hydrogen-bond donors (Lipinski definition) is 6. The lowest BCUT2D eigenvalue weighted by Crippen LogP contribution is -2.13. The Kier molecular flexibility index (Phi) is 4.48. The Morgan fingerprint density at radius 3 is 1.17 bits per heavy atom. The van der Waals surface area contributed by atoms with Gasteiger partial charge in [-0.3, -0.25) is 9.13 Å². The molecule has 0 saturated carbocycles. The standard InChI is InChI=1S/C8H14N2O6P2/c9-7(17(11,12)13)5-1-2-6(4-3-5)8(10)18(14,15)16/h1-4,7-8H,9-10H2,(H2,11,12,13)(H2,14,15,16). The highest BCUT2D eigenvalue weighted by atomic mass is 31.2. The smallest absolute Gasteiger partial charge is 0.323 e. The average Bonchev–Trinajstić information content (AvgIpc) is 2.25. The maximum atomic E-state index is 10.9. The lowest BCUT2D eigenvalue weighted by molar-refractivity contribution is 0.357. The third kappa shape index (κ3) is 3.71. The van der Waals surface area contributed by atoms with Gasteiger partial charge in [0.1, 0.15) is 11.6 Å². The van der Waals surface area contributed by atoms with Crippen LogP contribution in [0.1, 0.15) is 22.7 Å². The van der Waals surface area contributed by atoms with E-state index in [1.165, 1.54) is 24.3 Å². The first-order chi connectivity index (χ1) is 8.03. The van der Waals surface area contributed by atoms with E-state index >= 15 is 0 Å². The lowest BCUT2D eigenvalue weighted by Gasteiger charge is -2.16. The van der Waals surface area contributed by atoms with Gasteiger partial charge < -0.3 is 31.0 Å². The van der Waals surface area contributed by atoms with Crippen LogP contribution in [-0.4, -0.2) is 19.6 Å². The maximum Gasteiger partial charge on any atom is 0.346 e. The van der Waals surface area contributed by atoms with E-state index in [1.54, 1.807) is 0 Å². The van der Waals surface area contributed by atoms with Crippen LogP contribution in [0.4, 0.5) is 0 Å². The van der Waals surface area contributed by atoms with E-state index in [0.717, 1.165) is 0 Å². The zero-order valence-corrected chi connectivity index (χ0v) is 10.9. The Morgan fingerprint density at radius 1 is 0.778 bits per heavy atom. The van der Waals surface area contributed by atoms with Gasteiger partial charge in [0.15, 0.2) is 0 Å². The summed E-state index contributed by atoms with van der Waals surface area (Å²) in [6.07, 6.45) is 0. The summed E-state index contributed by atoms with van der Waals surface area (Å²) < 4.78 is 21.9. The van der Waals surface area contributed by atoms with Gasteiger partial charge in [-0.2, -0.15) is 0 Å². The number of nitrogens with two attached hydrogens (primary N) is 2. The largest absolute Gasteiger partial charge is 0.346 e. The first-order valence-corrected chi connectivity index (χ1v) is 8.11. The molecule has 0 spiro atoms. The predicted molar refractivity (Wildman–Crippen MR) is 64.4 cm³/mol. The van der Waals surface area contributed by atoms with Crippen molar-refractivity contribution in [3.63, 3.8) is 0 Å². The second-order valence-electron chi connectivity index (χ2n) is 3.73. The van der Waals surface area contributed by atoms with Crippen LogP contribution in [-0.2, 0) is 9.13 Å². The molecule has 10 heteroatoms. The van der Waals surface area contributed by atoms with Gasteiger partial charge in [0, 0.05) is 0 Å². The SMILES string of the molecule is NC(c1ccc(C(N)P(=O)(O)O)cc1)P(=O)(O)O. The quantitative estimate of drug-likeness (QED) is 0.420. The van der Waals surface area contributed by atoms with Crippen molar-refractivity contribution in [2.75, 3.05) is 0 Å². The summed E-state index contributed by atoms with van der Waals surface area (Å²) in [5.74, 6) is -2.95. The van der Waals surface area contributed by atoms with Crippen LogP contribution in [0.2, 0.25) is 0 Å². The van der Waals surface area contributed by atoms with Crippen LogP contribution >= 0.6 is 15.2 Å². The van der Waals surface area contributed by atoms with Gasteiger partial charge >= 0.3 is 15.2 Å². The van der Waals surface area contributed by atoms with Crippen LogP contribution in [0.5, 0.6) is 0 Å². The molecule has 0 fully saturated rings. The van der Waals surface area contributed by atoms with E-state index in [1.807, 2.05) is 0 Å². The molecule has 0 aromatic heterocycles. The molecule has 0 amide bonds. The maximum absolute atomic E-state index is 10.9. The van der Waals surface area contributed by atoms with Gasteiger partial charge in [0.2, 0.25) is 0 Å². The number of hydrogen-bond acceptors (Lipinski definition) is 4. The van der Waals surface area contributed by atoms with Crippen LogP contribution < -0.4 is 11.5 Å². The second-order valence-corrected chi connectivity index (χ2v) is 7.20. The van der Waals surface area contributed by atoms with Crippen molar-refractivity contribution >= 4 is 15.2 Å². The van der Waals surface area contributed by atoms with Crippen molar-refractivity contribution in [2.45, 2.75) is 11.6 Å². The minimum Gasteiger partial charge on any atom is -0.323 e. The van der Waals surface area contributed by atoms with Crippen LogP contribution in [0, 0.1) is 0 Å². The molecule has 2 atom stereocenters. The molecule has 8 nitrogen and oxygen atoms in total. The zero-order valence-electron chi connectivity index (χ0n) is 9.12. The monoisotopic (exact) mass is 296 g/mol. The molecule has 1 rings (SSSR count). The highest BCUT2D eigenvalue weighted by Gasteiger charge is 2.28. The summed E-state index contributed by atoms with van der Waals surface area (Å²) in [6, 6.07) is 5.09. The molecule has 18 heavy (non-hydrogen) atoms. The topological polar surface area (TPSA) is 167 Å². The molecule has 0 saturated heterocycles. The molecule has 1 aromatic rings. The van der Waals surface area contributed by atoms with Crippen molar-refractivity contribution in [3.05, 3.63) is 35.4 Å². The van der Waals surface area contributed by atoms with E-state index in [9.17, 15) is 9.13 Å². The highest BCUT2D eigenvalue weighted by Crippen LogP contribution is 2.50. The molecular formula is C8H14N2O6P2. The average molecular weight is 296 g/mol. The molecule has 8 N–H and O–H groups in total. The molecule has 0 radical (unpaired) electrons. The summed E-state index contributed by atoms with van der Waals surface area (Å²) in [4.78, 5) is 35.5. The van der Waals surface area contributed by atoms with E-state index in [-0.39, 0.29) is 11.1 Å². The molecule has 102 valence electrons. The van der Waals surface area contributed by atoms with Gasteiger partial charge in [-0.1, -0.05) is 24.3 Å². The Labute approximate surface area is 103 Å². The molecule has 0 aliphatic heterocycles. The first-order valence-electron chi connectivity index (χ1n) is 4.75. The van der Waals surface area contributed by atoms with Crippen LogP contribution in [0.15, 0.2) is 24.3 Å². The van der Waals surface area contributed by atoms with Gasteiger partial charge in [-0.15, -0.1) is 0 Å². The number of benzene rings is 1. The highest BCUT2D eigenvalue weighted by molar-refractivity contribution is 7.52. The fourth-order valence-corrected chi connectivity index (χ4v) is 2.40. The van der Waals surface area contributed by atoms with Crippen LogP contribution in [0.3, 0.4) is 0 Å². The molecule has 0 aliphatic carbocycles. The lowest BCUT2D eigenvalue weighted by atomic mass is 10.1. The fraction of sp³-hybridized carbons (Fsp3) is 0.250. The third-order valence-corrected chi connectivity index (χ3v) is 4.39. The van der Waals surface area contributed by atoms with Crippen molar-refractivity contribution < 1.29 is 28.7 Å². The van der Waals surface area contributed by atoms with Gasteiger partial charge in [-0.25, -0.2) is 0 Å². The normalized spacial score (nSPS) is 16.3. The van der Waals surface area contributed by atoms with Crippen molar-refractivity contribution in [2.24, 2.45) is 11.5 Å². The summed E-state index contributed by atoms with van der Waals surface area (Å²) in [6.45, 7) is 0. The van der Waals surface area contributed by atoms with E-state index in [0.29, 0.717) is 0 Å². The van der Waals surface area contributed by atoms with E-state index < -0.39 is 26.8 Å². The number of rotatable bonds is 4. The molecule has 2 unspecified atom stereocenters. The van der Waals surface area contributed by atoms with Gasteiger partial charge in [0.25, 0.3) is 0 Å². The minimum atomic E-state index is -4.46. The minimum absolute atomic E-state index is 0.157. The Morgan fingerprint density at radius 2 is 1.00 bits per heavy atom. The summed E-state index contributed by atoms with van der Waals surface area (Å²) in [5, 5.41) is 0. The van der Waals surface area contributed by atoms with Gasteiger partial charge in [0.05, 0.1) is 0 Å². The Balaban J connectivity index is 3.01. The second kappa shape index (κ2) is 5.21. The Bertz CT molecular complexity index is 460. The zero-order chi connectivity index (χ0) is 14.1. The van der Waals surface area contributed by atoms with Crippen molar-refractivity contribution in [1.82, 2.24) is 0 Å². The molecular weight excluding hydrogens is 282 g/mol. The summed E-state index contributed by atoms with van der Waals surface area (Å²) >= 11 is 0. The third-order valence-electron chi connectivity index (χ3n) is 2.34. The molecule has 1 aromatic carbocycles. The molecule has 0 heterocycles. The van der Waals surface area contributed by atoms with Crippen LogP contribution in [0.25, 0.3) is 0 Å². The Hall–Kier alpha value is -0.560. The van der Waals surface area contributed by atoms with E-state index in [2.05, 4.69) is 0 Å². The van der Waals surface area contributed by atoms with Crippen molar-refractivity contribution in [3.8, 4) is 0 Å². The van der Waals surface area contributed by atoms with E-state index in [4.69, 9.17) is 31.0 Å². The summed E-state index contributed by atoms with van der Waals surface area (Å²) in [7, 11) is -8.91. The predicted octanol–water partition coefficient (Wildman–Crippen LogP) is -0.0434. The summed E-state index contributed by atoms with van der Waals surface area (Å²) in [5.41, 5.74) is 11.0. The molecule has 0 aliphatic rings. The van der Waals surface area contributed by atoms with Gasteiger partial charge in [-0.05, 0) is 11.1 Å². The fourth-order valence-electron chi connectivity index (χ4n) is 1.28. The van der Waals surface area contributed by atoms with Crippen molar-refractivity contribution in [1.29, 1.82) is 0 Å².